The van der Waals surface area contributed by atoms with Crippen LogP contribution < -0.4 is 5.32 Å². The molecule has 0 aliphatic carbocycles. The lowest BCUT2D eigenvalue weighted by molar-refractivity contribution is 0.543. The maximum Gasteiger partial charge on any atom is 0.123 e. The Morgan fingerprint density at radius 2 is 1.84 bits per heavy atom. The Balaban J connectivity index is 1.84. The van der Waals surface area contributed by atoms with Crippen molar-refractivity contribution in [2.24, 2.45) is 0 Å². The van der Waals surface area contributed by atoms with Crippen LogP contribution in [0.15, 0.2) is 48.5 Å². The molecule has 0 fully saturated rings. The van der Waals surface area contributed by atoms with Crippen molar-refractivity contribution in [3.8, 4) is 0 Å². The molecular weight excluding hydrogens is 261 g/mol. The molecule has 0 aliphatic heterocycles. The Hall–Kier alpha value is -1.38. The minimum absolute atomic E-state index is 0.178. The summed E-state index contributed by atoms with van der Waals surface area (Å²) >= 11 is 5.84. The molecule has 0 bridgehead atoms. The van der Waals surface area contributed by atoms with Gasteiger partial charge in [-0.05, 0) is 48.7 Å². The van der Waals surface area contributed by atoms with Crippen molar-refractivity contribution in [2.45, 2.75) is 25.9 Å². The molecule has 100 valence electrons. The zero-order valence-electron chi connectivity index (χ0n) is 10.9. The molecule has 0 aliphatic rings. The van der Waals surface area contributed by atoms with Crippen molar-refractivity contribution in [1.82, 2.24) is 5.32 Å². The van der Waals surface area contributed by atoms with Gasteiger partial charge in [0.1, 0.15) is 5.82 Å². The SMILES string of the molecule is CC(Cc1cccc(F)c1)NCc1ccc(Cl)cc1. The van der Waals surface area contributed by atoms with Crippen molar-refractivity contribution in [3.05, 3.63) is 70.5 Å². The molecule has 1 unspecified atom stereocenters. The third-order valence-corrected chi connectivity index (χ3v) is 3.25. The number of hydrogen-bond acceptors (Lipinski definition) is 1. The summed E-state index contributed by atoms with van der Waals surface area (Å²) in [6.45, 7) is 2.88. The van der Waals surface area contributed by atoms with Crippen LogP contribution in [-0.2, 0) is 13.0 Å². The van der Waals surface area contributed by atoms with Gasteiger partial charge >= 0.3 is 0 Å². The van der Waals surface area contributed by atoms with E-state index in [1.54, 1.807) is 12.1 Å². The fourth-order valence-corrected chi connectivity index (χ4v) is 2.11. The van der Waals surface area contributed by atoms with Gasteiger partial charge in [0, 0.05) is 17.6 Å². The summed E-state index contributed by atoms with van der Waals surface area (Å²) < 4.78 is 13.1. The molecule has 0 spiro atoms. The first-order valence-corrected chi connectivity index (χ1v) is 6.73. The summed E-state index contributed by atoms with van der Waals surface area (Å²) in [5.74, 6) is -0.178. The van der Waals surface area contributed by atoms with Gasteiger partial charge in [-0.25, -0.2) is 4.39 Å². The molecule has 0 saturated carbocycles. The molecular formula is C16H17ClFN. The third kappa shape index (κ3) is 4.66. The largest absolute Gasteiger partial charge is 0.310 e. The fraction of sp³-hybridized carbons (Fsp3) is 0.250. The van der Waals surface area contributed by atoms with Gasteiger partial charge < -0.3 is 5.32 Å². The summed E-state index contributed by atoms with van der Waals surface area (Å²) in [5.41, 5.74) is 2.20. The van der Waals surface area contributed by atoms with Crippen LogP contribution in [0.25, 0.3) is 0 Å². The summed E-state index contributed by atoms with van der Waals surface area (Å²) in [6.07, 6.45) is 0.811. The molecule has 0 amide bonds. The van der Waals surface area contributed by atoms with Crippen LogP contribution in [-0.4, -0.2) is 6.04 Å². The standard InChI is InChI=1S/C16H17ClFN/c1-12(9-14-3-2-4-16(18)10-14)19-11-13-5-7-15(17)8-6-13/h2-8,10,12,19H,9,11H2,1H3. The number of hydrogen-bond donors (Lipinski definition) is 1. The van der Waals surface area contributed by atoms with Crippen LogP contribution in [0.2, 0.25) is 5.02 Å². The fourth-order valence-electron chi connectivity index (χ4n) is 1.98. The van der Waals surface area contributed by atoms with Gasteiger partial charge in [-0.15, -0.1) is 0 Å². The van der Waals surface area contributed by atoms with Crippen LogP contribution in [0.5, 0.6) is 0 Å². The Bertz CT molecular complexity index is 525. The molecule has 0 aromatic heterocycles. The van der Waals surface area contributed by atoms with Gasteiger partial charge in [0.2, 0.25) is 0 Å². The van der Waals surface area contributed by atoms with E-state index in [1.165, 1.54) is 11.6 Å². The predicted octanol–water partition coefficient (Wildman–Crippen LogP) is 4.20. The molecule has 0 radical (unpaired) electrons. The van der Waals surface area contributed by atoms with Crippen molar-refractivity contribution in [2.75, 3.05) is 0 Å². The van der Waals surface area contributed by atoms with Crippen LogP contribution in [0.3, 0.4) is 0 Å². The highest BCUT2D eigenvalue weighted by Crippen LogP contribution is 2.10. The van der Waals surface area contributed by atoms with E-state index in [1.807, 2.05) is 30.3 Å². The maximum atomic E-state index is 13.1. The molecule has 0 heterocycles. The highest BCUT2D eigenvalue weighted by molar-refractivity contribution is 6.30. The second-order valence-corrected chi connectivity index (χ2v) is 5.18. The lowest BCUT2D eigenvalue weighted by Gasteiger charge is -2.14. The number of halogens is 2. The molecule has 2 rings (SSSR count). The lowest BCUT2D eigenvalue weighted by atomic mass is 10.1. The second kappa shape index (κ2) is 6.69. The van der Waals surface area contributed by atoms with Crippen molar-refractivity contribution >= 4 is 11.6 Å². The Labute approximate surface area is 118 Å². The molecule has 1 N–H and O–H groups in total. The summed E-state index contributed by atoms with van der Waals surface area (Å²) in [5, 5.41) is 4.17. The summed E-state index contributed by atoms with van der Waals surface area (Å²) in [6, 6.07) is 14.8. The maximum absolute atomic E-state index is 13.1. The predicted molar refractivity (Wildman–Crippen MR) is 77.9 cm³/mol. The van der Waals surface area contributed by atoms with Crippen molar-refractivity contribution in [1.29, 1.82) is 0 Å². The average Bonchev–Trinajstić information content (AvgIpc) is 2.38. The van der Waals surface area contributed by atoms with Crippen molar-refractivity contribution < 1.29 is 4.39 Å². The normalized spacial score (nSPS) is 12.4. The van der Waals surface area contributed by atoms with E-state index in [4.69, 9.17) is 11.6 Å². The molecule has 2 aromatic carbocycles. The molecule has 1 nitrogen and oxygen atoms in total. The lowest BCUT2D eigenvalue weighted by Crippen LogP contribution is -2.27. The van der Waals surface area contributed by atoms with E-state index >= 15 is 0 Å². The first-order chi connectivity index (χ1) is 9.13. The van der Waals surface area contributed by atoms with Gasteiger partial charge in [0.15, 0.2) is 0 Å². The molecule has 19 heavy (non-hydrogen) atoms. The summed E-state index contributed by atoms with van der Waals surface area (Å²) in [7, 11) is 0. The van der Waals surface area contributed by atoms with E-state index in [0.717, 1.165) is 23.6 Å². The zero-order valence-corrected chi connectivity index (χ0v) is 11.6. The van der Waals surface area contributed by atoms with Gasteiger partial charge in [-0.1, -0.05) is 35.9 Å². The van der Waals surface area contributed by atoms with Gasteiger partial charge in [-0.3, -0.25) is 0 Å². The Morgan fingerprint density at radius 1 is 1.11 bits per heavy atom. The molecule has 2 aromatic rings. The van der Waals surface area contributed by atoms with Gasteiger partial charge in [-0.2, -0.15) is 0 Å². The number of benzene rings is 2. The number of nitrogens with one attached hydrogen (secondary N) is 1. The molecule has 0 saturated heterocycles. The first-order valence-electron chi connectivity index (χ1n) is 6.36. The minimum atomic E-state index is -0.178. The third-order valence-electron chi connectivity index (χ3n) is 3.00. The quantitative estimate of drug-likeness (QED) is 0.864. The first kappa shape index (κ1) is 14.0. The van der Waals surface area contributed by atoms with Crippen LogP contribution in [0, 0.1) is 5.82 Å². The van der Waals surface area contributed by atoms with E-state index in [-0.39, 0.29) is 11.9 Å². The average molecular weight is 278 g/mol. The molecule has 3 heteroatoms. The Morgan fingerprint density at radius 3 is 2.53 bits per heavy atom. The second-order valence-electron chi connectivity index (χ2n) is 4.74. The van der Waals surface area contributed by atoms with Crippen LogP contribution >= 0.6 is 11.6 Å². The highest BCUT2D eigenvalue weighted by Gasteiger charge is 2.04. The van der Waals surface area contributed by atoms with E-state index in [2.05, 4.69) is 12.2 Å². The zero-order chi connectivity index (χ0) is 13.7. The van der Waals surface area contributed by atoms with E-state index in [9.17, 15) is 4.39 Å². The van der Waals surface area contributed by atoms with E-state index < -0.39 is 0 Å². The van der Waals surface area contributed by atoms with Crippen LogP contribution in [0.1, 0.15) is 18.1 Å². The summed E-state index contributed by atoms with van der Waals surface area (Å²) in [4.78, 5) is 0. The van der Waals surface area contributed by atoms with E-state index in [0.29, 0.717) is 0 Å². The Kier molecular flexibility index (Phi) is 4.94. The smallest absolute Gasteiger partial charge is 0.123 e. The minimum Gasteiger partial charge on any atom is -0.310 e. The molecule has 1 atom stereocenters. The van der Waals surface area contributed by atoms with Gasteiger partial charge in [0.05, 0.1) is 0 Å². The van der Waals surface area contributed by atoms with Crippen molar-refractivity contribution in [3.63, 3.8) is 0 Å². The number of rotatable bonds is 5. The topological polar surface area (TPSA) is 12.0 Å². The highest BCUT2D eigenvalue weighted by atomic mass is 35.5. The monoisotopic (exact) mass is 277 g/mol. The van der Waals surface area contributed by atoms with Crippen LogP contribution in [0.4, 0.5) is 4.39 Å². The van der Waals surface area contributed by atoms with Gasteiger partial charge in [0.25, 0.3) is 0 Å².